The quantitative estimate of drug-likeness (QED) is 0.577. The Hall–Kier alpha value is -2.12. The van der Waals surface area contributed by atoms with Gasteiger partial charge in [-0.2, -0.15) is 0 Å². The van der Waals surface area contributed by atoms with E-state index in [1.165, 1.54) is 0 Å². The number of aliphatic hydroxyl groups is 1. The highest BCUT2D eigenvalue weighted by Crippen LogP contribution is 2.08. The van der Waals surface area contributed by atoms with Gasteiger partial charge in [-0.15, -0.1) is 0 Å². The lowest BCUT2D eigenvalue weighted by atomic mass is 10.1. The number of aliphatic hydroxyl groups excluding tert-OH is 1. The number of nitrogens with zero attached hydrogens (tertiary/aromatic N) is 1. The molecule has 0 aromatic heterocycles. The fourth-order valence-electron chi connectivity index (χ4n) is 2.38. The predicted octanol–water partition coefficient (Wildman–Crippen LogP) is 1.64. The molecule has 146 valence electrons. The van der Waals surface area contributed by atoms with Crippen molar-refractivity contribution >= 4 is 12.0 Å². The van der Waals surface area contributed by atoms with E-state index in [-0.39, 0.29) is 19.1 Å². The molecule has 26 heavy (non-hydrogen) atoms. The summed E-state index contributed by atoms with van der Waals surface area (Å²) in [5, 5.41) is 11.9. The average Bonchev–Trinajstić information content (AvgIpc) is 2.57. The molecule has 1 rings (SSSR count). The molecule has 0 saturated carbocycles. The van der Waals surface area contributed by atoms with Crippen LogP contribution in [-0.2, 0) is 16.1 Å². The molecule has 0 aliphatic heterocycles. The van der Waals surface area contributed by atoms with Crippen molar-refractivity contribution in [2.75, 3.05) is 19.7 Å². The van der Waals surface area contributed by atoms with Crippen LogP contribution in [0.1, 0.15) is 39.2 Å². The van der Waals surface area contributed by atoms with Gasteiger partial charge in [0.1, 0.15) is 5.60 Å². The highest BCUT2D eigenvalue weighted by Gasteiger charge is 2.21. The van der Waals surface area contributed by atoms with Crippen LogP contribution in [0.5, 0.6) is 0 Å². The van der Waals surface area contributed by atoms with E-state index in [0.717, 1.165) is 5.56 Å². The molecule has 0 heterocycles. The second-order valence-corrected chi connectivity index (χ2v) is 7.15. The number of carbonyl (C=O) groups excluding carboxylic acids is 2. The van der Waals surface area contributed by atoms with E-state index in [9.17, 15) is 14.7 Å². The third-order valence-corrected chi connectivity index (χ3v) is 3.58. The Morgan fingerprint density at radius 1 is 1.27 bits per heavy atom. The van der Waals surface area contributed by atoms with Gasteiger partial charge in [0.25, 0.3) is 0 Å². The molecule has 0 spiro atoms. The molecule has 0 aliphatic carbocycles. The molecule has 0 unspecified atom stereocenters. The van der Waals surface area contributed by atoms with Crippen LogP contribution in [0.15, 0.2) is 30.3 Å². The summed E-state index contributed by atoms with van der Waals surface area (Å²) in [6, 6.07) is 8.89. The zero-order chi connectivity index (χ0) is 19.6. The summed E-state index contributed by atoms with van der Waals surface area (Å²) in [5.41, 5.74) is 6.44. The van der Waals surface area contributed by atoms with Crippen LogP contribution in [0, 0.1) is 0 Å². The lowest BCUT2D eigenvalue weighted by Gasteiger charge is -2.25. The van der Waals surface area contributed by atoms with Gasteiger partial charge in [0, 0.05) is 19.6 Å². The van der Waals surface area contributed by atoms with Crippen LogP contribution < -0.4 is 11.1 Å². The van der Waals surface area contributed by atoms with Gasteiger partial charge in [-0.3, -0.25) is 4.79 Å². The maximum Gasteiger partial charge on any atom is 0.407 e. The summed E-state index contributed by atoms with van der Waals surface area (Å²) in [4.78, 5) is 25.7. The number of ether oxygens (including phenoxy) is 1. The second kappa shape index (κ2) is 10.8. The van der Waals surface area contributed by atoms with E-state index in [1.54, 1.807) is 25.7 Å². The van der Waals surface area contributed by atoms with Gasteiger partial charge in [-0.05, 0) is 39.2 Å². The summed E-state index contributed by atoms with van der Waals surface area (Å²) in [7, 11) is 0. The first-order valence-electron chi connectivity index (χ1n) is 8.89. The number of hydrogen-bond acceptors (Lipinski definition) is 5. The number of amides is 2. The van der Waals surface area contributed by atoms with Gasteiger partial charge in [-0.1, -0.05) is 30.3 Å². The van der Waals surface area contributed by atoms with Crippen molar-refractivity contribution in [2.24, 2.45) is 5.73 Å². The van der Waals surface area contributed by atoms with E-state index >= 15 is 0 Å². The van der Waals surface area contributed by atoms with Crippen molar-refractivity contribution < 1.29 is 19.4 Å². The van der Waals surface area contributed by atoms with E-state index in [0.29, 0.717) is 25.9 Å². The monoisotopic (exact) mass is 365 g/mol. The maximum absolute atomic E-state index is 12.5. The lowest BCUT2D eigenvalue weighted by molar-refractivity contribution is -0.133. The highest BCUT2D eigenvalue weighted by molar-refractivity contribution is 5.81. The molecular formula is C19H31N3O4. The fraction of sp³-hybridized carbons (Fsp3) is 0.579. The van der Waals surface area contributed by atoms with Crippen molar-refractivity contribution in [1.29, 1.82) is 0 Å². The molecule has 0 saturated heterocycles. The van der Waals surface area contributed by atoms with Crippen LogP contribution >= 0.6 is 0 Å². The van der Waals surface area contributed by atoms with Crippen molar-refractivity contribution in [3.63, 3.8) is 0 Å². The van der Waals surface area contributed by atoms with E-state index in [2.05, 4.69) is 5.32 Å². The van der Waals surface area contributed by atoms with Gasteiger partial charge in [0.05, 0.1) is 12.6 Å². The minimum atomic E-state index is -0.675. The number of alkyl carbamates (subject to hydrolysis) is 1. The normalized spacial score (nSPS) is 12.3. The molecule has 1 aromatic rings. The SMILES string of the molecule is CC(C)(C)OC(=O)NCCC[C@@H](N)C(=O)N(CCO)Cc1ccccc1. The number of benzene rings is 1. The molecule has 1 atom stereocenters. The predicted molar refractivity (Wildman–Crippen MR) is 100 cm³/mol. The van der Waals surface area contributed by atoms with Crippen molar-refractivity contribution in [2.45, 2.75) is 51.8 Å². The largest absolute Gasteiger partial charge is 0.444 e. The minimum absolute atomic E-state index is 0.120. The van der Waals surface area contributed by atoms with Crippen LogP contribution in [0.25, 0.3) is 0 Å². The lowest BCUT2D eigenvalue weighted by Crippen LogP contribution is -2.45. The Morgan fingerprint density at radius 2 is 1.92 bits per heavy atom. The average molecular weight is 365 g/mol. The zero-order valence-corrected chi connectivity index (χ0v) is 15.9. The van der Waals surface area contributed by atoms with E-state index in [4.69, 9.17) is 10.5 Å². The van der Waals surface area contributed by atoms with E-state index < -0.39 is 17.7 Å². The smallest absolute Gasteiger partial charge is 0.407 e. The second-order valence-electron chi connectivity index (χ2n) is 7.15. The fourth-order valence-corrected chi connectivity index (χ4v) is 2.38. The van der Waals surface area contributed by atoms with Crippen LogP contribution in [0.4, 0.5) is 4.79 Å². The summed E-state index contributed by atoms with van der Waals surface area (Å²) in [6.07, 6.45) is 0.513. The molecule has 0 bridgehead atoms. The number of hydrogen-bond donors (Lipinski definition) is 3. The minimum Gasteiger partial charge on any atom is -0.444 e. The first-order valence-corrected chi connectivity index (χ1v) is 8.89. The van der Waals surface area contributed by atoms with Crippen molar-refractivity contribution in [1.82, 2.24) is 10.2 Å². The molecule has 7 nitrogen and oxygen atoms in total. The van der Waals surface area contributed by atoms with Crippen molar-refractivity contribution in [3.8, 4) is 0 Å². The molecule has 7 heteroatoms. The van der Waals surface area contributed by atoms with Gasteiger partial charge in [-0.25, -0.2) is 4.79 Å². The summed E-state index contributed by atoms with van der Waals surface area (Å²) < 4.78 is 5.14. The summed E-state index contributed by atoms with van der Waals surface area (Å²) in [5.74, 6) is -0.208. The third-order valence-electron chi connectivity index (χ3n) is 3.58. The Bertz CT molecular complexity index is 558. The van der Waals surface area contributed by atoms with Gasteiger partial charge < -0.3 is 25.8 Å². The van der Waals surface area contributed by atoms with Crippen LogP contribution in [0.2, 0.25) is 0 Å². The van der Waals surface area contributed by atoms with Crippen LogP contribution in [-0.4, -0.2) is 53.3 Å². The highest BCUT2D eigenvalue weighted by atomic mass is 16.6. The van der Waals surface area contributed by atoms with Crippen LogP contribution in [0.3, 0.4) is 0 Å². The first kappa shape index (κ1) is 21.9. The molecule has 0 aliphatic rings. The van der Waals surface area contributed by atoms with Gasteiger partial charge in [0.15, 0.2) is 0 Å². The topological polar surface area (TPSA) is 105 Å². The number of nitrogens with one attached hydrogen (secondary N) is 1. The zero-order valence-electron chi connectivity index (χ0n) is 15.9. The standard InChI is InChI=1S/C19H31N3O4/c1-19(2,3)26-18(25)21-11-7-10-16(20)17(24)22(12-13-23)14-15-8-5-4-6-9-15/h4-6,8-9,16,23H,7,10-14,20H2,1-3H3,(H,21,25)/t16-/m1/s1. The Morgan fingerprint density at radius 3 is 2.50 bits per heavy atom. The number of nitrogens with two attached hydrogens (primary N) is 1. The molecule has 4 N–H and O–H groups in total. The Labute approximate surface area is 155 Å². The summed E-state index contributed by atoms with van der Waals surface area (Å²) >= 11 is 0. The molecule has 2 amide bonds. The summed E-state index contributed by atoms with van der Waals surface area (Å²) in [6.45, 7) is 6.29. The molecule has 0 radical (unpaired) electrons. The number of rotatable bonds is 9. The van der Waals surface area contributed by atoms with Gasteiger partial charge >= 0.3 is 6.09 Å². The Kier molecular flexibility index (Phi) is 9.09. The van der Waals surface area contributed by atoms with Gasteiger partial charge in [0.2, 0.25) is 5.91 Å². The Balaban J connectivity index is 2.42. The first-order chi connectivity index (χ1) is 12.2. The molecule has 1 aromatic carbocycles. The number of carbonyl (C=O) groups is 2. The molecule has 0 fully saturated rings. The van der Waals surface area contributed by atoms with E-state index in [1.807, 2.05) is 30.3 Å². The third kappa shape index (κ3) is 8.82. The van der Waals surface area contributed by atoms with Crippen molar-refractivity contribution in [3.05, 3.63) is 35.9 Å². The molecular weight excluding hydrogens is 334 g/mol. The maximum atomic E-state index is 12.5.